The van der Waals surface area contributed by atoms with Gasteiger partial charge in [-0.25, -0.2) is 0 Å². The van der Waals surface area contributed by atoms with Crippen LogP contribution in [-0.4, -0.2) is 57.9 Å². The maximum absolute atomic E-state index is 11.2. The van der Waals surface area contributed by atoms with E-state index >= 15 is 0 Å². The van der Waals surface area contributed by atoms with Gasteiger partial charge in [0.15, 0.2) is 6.35 Å². The molecular weight excluding hydrogens is 340 g/mol. The highest BCUT2D eigenvalue weighted by molar-refractivity contribution is 8.11. The number of piperidine rings is 1. The number of amides is 1. The van der Waals surface area contributed by atoms with Gasteiger partial charge in [-0.15, -0.1) is 0 Å². The van der Waals surface area contributed by atoms with E-state index in [0.29, 0.717) is 19.1 Å². The van der Waals surface area contributed by atoms with Crippen molar-refractivity contribution < 1.29 is 15.0 Å². The summed E-state index contributed by atoms with van der Waals surface area (Å²) in [7, 11) is 0. The van der Waals surface area contributed by atoms with Gasteiger partial charge in [0, 0.05) is 49.9 Å². The van der Waals surface area contributed by atoms with Crippen LogP contribution in [0.15, 0.2) is 24.3 Å². The molecule has 2 saturated heterocycles. The molecule has 7 nitrogen and oxygen atoms in total. The first-order valence-corrected chi connectivity index (χ1v) is 9.47. The van der Waals surface area contributed by atoms with Crippen LogP contribution in [-0.2, 0) is 6.54 Å². The minimum Gasteiger partial charge on any atom is -0.392 e. The van der Waals surface area contributed by atoms with Crippen molar-refractivity contribution in [3.63, 3.8) is 0 Å². The lowest BCUT2D eigenvalue weighted by molar-refractivity contribution is 0.0579. The van der Waals surface area contributed by atoms with Crippen LogP contribution < -0.4 is 15.5 Å². The maximum Gasteiger partial charge on any atom is 0.297 e. The number of hydrogen-bond acceptors (Lipinski definition) is 7. The zero-order chi connectivity index (χ0) is 17.8. The highest BCUT2D eigenvalue weighted by Crippen LogP contribution is 2.25. The van der Waals surface area contributed by atoms with Gasteiger partial charge in [0.2, 0.25) is 0 Å². The molecule has 0 aromatic heterocycles. The molecule has 3 rings (SSSR count). The molecule has 0 radical (unpaired) electrons. The lowest BCUT2D eigenvalue weighted by atomic mass is 10.0. The van der Waals surface area contributed by atoms with Crippen molar-refractivity contribution in [2.75, 3.05) is 24.5 Å². The molecule has 2 aliphatic rings. The Balaban J connectivity index is 1.49. The van der Waals surface area contributed by atoms with E-state index in [1.807, 2.05) is 12.1 Å². The van der Waals surface area contributed by atoms with Crippen molar-refractivity contribution in [3.05, 3.63) is 29.8 Å². The standard InChI is InChI=1S/C17H26N4O3S/c1-12(22)10-18-14-6-8-20(9-7-14)15-4-2-13(3-5-15)11-21-16(23)19-17(24)25-21/h2-5,12,14,16,18,22-23H,6-11H2,1H3,(H,19,24). The Bertz CT molecular complexity index is 576. The van der Waals surface area contributed by atoms with E-state index in [2.05, 4.69) is 27.7 Å². The van der Waals surface area contributed by atoms with Crippen LogP contribution >= 0.6 is 11.9 Å². The van der Waals surface area contributed by atoms with Gasteiger partial charge < -0.3 is 25.7 Å². The molecule has 138 valence electrons. The van der Waals surface area contributed by atoms with Gasteiger partial charge in [0.25, 0.3) is 5.24 Å². The summed E-state index contributed by atoms with van der Waals surface area (Å²) in [5, 5.41) is 24.7. The summed E-state index contributed by atoms with van der Waals surface area (Å²) in [6.45, 7) is 4.95. The fraction of sp³-hybridized carbons (Fsp3) is 0.588. The van der Waals surface area contributed by atoms with E-state index < -0.39 is 6.35 Å². The van der Waals surface area contributed by atoms with E-state index in [4.69, 9.17) is 0 Å². The molecule has 25 heavy (non-hydrogen) atoms. The first kappa shape index (κ1) is 18.5. The lowest BCUT2D eigenvalue weighted by Crippen LogP contribution is -2.44. The molecular formula is C17H26N4O3S. The van der Waals surface area contributed by atoms with Crippen LogP contribution in [0.3, 0.4) is 0 Å². The Hall–Kier alpha value is -1.32. The molecule has 0 bridgehead atoms. The Kier molecular flexibility index (Phi) is 6.19. The number of aliphatic hydroxyl groups excluding tert-OH is 2. The van der Waals surface area contributed by atoms with Gasteiger partial charge in [0.1, 0.15) is 0 Å². The molecule has 8 heteroatoms. The monoisotopic (exact) mass is 366 g/mol. The van der Waals surface area contributed by atoms with E-state index in [1.165, 1.54) is 5.69 Å². The Labute approximate surface area is 152 Å². The lowest BCUT2D eigenvalue weighted by Gasteiger charge is -2.34. The predicted molar refractivity (Wildman–Crippen MR) is 99.0 cm³/mol. The quantitative estimate of drug-likeness (QED) is 0.560. The van der Waals surface area contributed by atoms with E-state index in [-0.39, 0.29) is 11.3 Å². The highest BCUT2D eigenvalue weighted by Gasteiger charge is 2.29. The van der Waals surface area contributed by atoms with Crippen molar-refractivity contribution in [2.24, 2.45) is 0 Å². The van der Waals surface area contributed by atoms with Crippen molar-refractivity contribution in [3.8, 4) is 0 Å². The molecule has 1 aromatic rings. The van der Waals surface area contributed by atoms with Crippen LogP contribution in [0.25, 0.3) is 0 Å². The molecule has 1 amide bonds. The third-order valence-corrected chi connectivity index (χ3v) is 5.40. The van der Waals surface area contributed by atoms with Crippen LogP contribution in [0.4, 0.5) is 10.5 Å². The minimum atomic E-state index is -0.926. The van der Waals surface area contributed by atoms with Crippen LogP contribution in [0.2, 0.25) is 0 Å². The van der Waals surface area contributed by atoms with Crippen LogP contribution in [0.5, 0.6) is 0 Å². The van der Waals surface area contributed by atoms with Gasteiger partial charge >= 0.3 is 0 Å². The number of rotatable bonds is 6. The largest absolute Gasteiger partial charge is 0.392 e. The van der Waals surface area contributed by atoms with Gasteiger partial charge in [-0.1, -0.05) is 12.1 Å². The van der Waals surface area contributed by atoms with Gasteiger partial charge in [-0.3, -0.25) is 4.79 Å². The van der Waals surface area contributed by atoms with E-state index in [1.54, 1.807) is 11.2 Å². The Morgan fingerprint density at radius 1 is 1.32 bits per heavy atom. The molecule has 2 fully saturated rings. The molecule has 0 aliphatic carbocycles. The minimum absolute atomic E-state index is 0.226. The molecule has 1 aromatic carbocycles. The normalized spacial score (nSPS) is 23.7. The SMILES string of the molecule is CC(O)CNC1CCN(c2ccc(CN3SC(=O)NC3O)cc2)CC1. The summed E-state index contributed by atoms with van der Waals surface area (Å²) in [4.78, 5) is 13.6. The maximum atomic E-state index is 11.2. The fourth-order valence-electron chi connectivity index (χ4n) is 3.15. The predicted octanol–water partition coefficient (Wildman–Crippen LogP) is 1.08. The second-order valence-electron chi connectivity index (χ2n) is 6.66. The number of benzene rings is 1. The zero-order valence-electron chi connectivity index (χ0n) is 14.4. The average Bonchev–Trinajstić information content (AvgIpc) is 2.91. The van der Waals surface area contributed by atoms with Gasteiger partial charge in [-0.2, -0.15) is 4.31 Å². The topological polar surface area (TPSA) is 88.1 Å². The molecule has 0 spiro atoms. The van der Waals surface area contributed by atoms with Crippen molar-refractivity contribution in [1.82, 2.24) is 14.9 Å². The first-order chi connectivity index (χ1) is 12.0. The summed E-state index contributed by atoms with van der Waals surface area (Å²) in [5.74, 6) is 0. The van der Waals surface area contributed by atoms with Crippen LogP contribution in [0, 0.1) is 0 Å². The highest BCUT2D eigenvalue weighted by atomic mass is 32.2. The molecule has 0 saturated carbocycles. The van der Waals surface area contributed by atoms with Crippen molar-refractivity contribution >= 4 is 22.9 Å². The third kappa shape index (κ3) is 5.08. The number of carbonyl (C=O) groups excluding carboxylic acids is 1. The molecule has 2 unspecified atom stereocenters. The molecule has 2 aliphatic heterocycles. The Morgan fingerprint density at radius 2 is 2.00 bits per heavy atom. The number of carbonyl (C=O) groups is 1. The summed E-state index contributed by atoms with van der Waals surface area (Å²) >= 11 is 1.01. The first-order valence-electron chi connectivity index (χ1n) is 8.70. The number of nitrogens with one attached hydrogen (secondary N) is 2. The summed E-state index contributed by atoms with van der Waals surface area (Å²) in [6.07, 6.45) is 0.909. The second kappa shape index (κ2) is 8.37. The van der Waals surface area contributed by atoms with Crippen molar-refractivity contribution in [2.45, 2.75) is 44.8 Å². The average molecular weight is 366 g/mol. The number of aliphatic hydroxyl groups is 2. The molecule has 2 heterocycles. The third-order valence-electron chi connectivity index (χ3n) is 4.56. The van der Waals surface area contributed by atoms with Crippen LogP contribution in [0.1, 0.15) is 25.3 Å². The van der Waals surface area contributed by atoms with Gasteiger partial charge in [-0.05, 0) is 37.5 Å². The fourth-order valence-corrected chi connectivity index (χ4v) is 3.89. The molecule has 2 atom stereocenters. The number of anilines is 1. The number of nitrogens with zero attached hydrogens (tertiary/aromatic N) is 2. The van der Waals surface area contributed by atoms with Gasteiger partial charge in [0.05, 0.1) is 6.10 Å². The smallest absolute Gasteiger partial charge is 0.297 e. The number of hydrogen-bond donors (Lipinski definition) is 4. The summed E-state index contributed by atoms with van der Waals surface area (Å²) < 4.78 is 1.62. The van der Waals surface area contributed by atoms with Crippen molar-refractivity contribution in [1.29, 1.82) is 0 Å². The summed E-state index contributed by atoms with van der Waals surface area (Å²) in [5.41, 5.74) is 2.25. The Morgan fingerprint density at radius 3 is 2.56 bits per heavy atom. The zero-order valence-corrected chi connectivity index (χ0v) is 15.2. The summed E-state index contributed by atoms with van der Waals surface area (Å²) in [6, 6.07) is 8.76. The van der Waals surface area contributed by atoms with E-state index in [9.17, 15) is 15.0 Å². The molecule has 4 N–H and O–H groups in total. The van der Waals surface area contributed by atoms with E-state index in [0.717, 1.165) is 43.4 Å². The second-order valence-corrected chi connectivity index (χ2v) is 7.68.